The summed E-state index contributed by atoms with van der Waals surface area (Å²) in [6, 6.07) is 69.7. The van der Waals surface area contributed by atoms with Crippen LogP contribution in [0, 0.1) is 0 Å². The molecular weight excluding hydrogens is 845 g/mol. The van der Waals surface area contributed by atoms with E-state index in [9.17, 15) is 0 Å². The first-order chi connectivity index (χ1) is 32.7. The molecule has 0 amide bonds. The van der Waals surface area contributed by atoms with Crippen molar-refractivity contribution >= 4 is 128 Å². The summed E-state index contributed by atoms with van der Waals surface area (Å²) in [5.74, 6) is 1.79. The van der Waals surface area contributed by atoms with Crippen LogP contribution >= 0.6 is 22.7 Å². The fraction of sp³-hybridized carbons (Fsp3) is 0. The summed E-state index contributed by atoms with van der Waals surface area (Å²) in [7, 11) is 0. The van der Waals surface area contributed by atoms with Crippen LogP contribution in [-0.2, 0) is 0 Å². The number of fused-ring (bicyclic) bond motifs is 14. The molecule has 0 aliphatic heterocycles. The van der Waals surface area contributed by atoms with Crippen molar-refractivity contribution in [2.45, 2.75) is 0 Å². The zero-order valence-corrected chi connectivity index (χ0v) is 36.6. The molecule has 5 aromatic heterocycles. The van der Waals surface area contributed by atoms with Crippen molar-refractivity contribution in [3.05, 3.63) is 194 Å². The highest BCUT2D eigenvalue weighted by atomic mass is 32.1. The summed E-state index contributed by atoms with van der Waals surface area (Å²) < 4.78 is 14.3. The second kappa shape index (κ2) is 13.6. The van der Waals surface area contributed by atoms with Crippen molar-refractivity contribution in [1.82, 2.24) is 19.5 Å². The Balaban J connectivity index is 1.06. The predicted octanol–water partition coefficient (Wildman–Crippen LogP) is 16.9. The molecule has 5 heterocycles. The van der Waals surface area contributed by atoms with Gasteiger partial charge in [-0.3, -0.25) is 0 Å². The van der Waals surface area contributed by atoms with Crippen molar-refractivity contribution in [1.29, 1.82) is 0 Å². The molecule has 15 aromatic rings. The van der Waals surface area contributed by atoms with E-state index in [-0.39, 0.29) is 0 Å². The summed E-state index contributed by atoms with van der Waals surface area (Å²) in [6.45, 7) is 0. The lowest BCUT2D eigenvalue weighted by atomic mass is 10.0. The maximum atomic E-state index is 7.04. The normalized spacial score (nSPS) is 12.2. The minimum atomic E-state index is 0.566. The zero-order valence-electron chi connectivity index (χ0n) is 35.0. The second-order valence-corrected chi connectivity index (χ2v) is 19.3. The number of furan rings is 1. The second-order valence-electron chi connectivity index (χ2n) is 17.1. The average molecular weight is 877 g/mol. The van der Waals surface area contributed by atoms with Gasteiger partial charge in [0.2, 0.25) is 0 Å². The first kappa shape index (κ1) is 36.1. The molecule has 5 nitrogen and oxygen atoms in total. The van der Waals surface area contributed by atoms with E-state index in [1.54, 1.807) is 22.7 Å². The molecule has 0 bridgehead atoms. The van der Waals surface area contributed by atoms with Crippen molar-refractivity contribution in [2.24, 2.45) is 0 Å². The number of thiophene rings is 2. The number of hydrogen-bond donors (Lipinski definition) is 0. The number of para-hydroxylation sites is 1. The Kier molecular flexibility index (Phi) is 7.47. The van der Waals surface area contributed by atoms with Gasteiger partial charge in [-0.25, -0.2) is 15.0 Å². The fourth-order valence-corrected chi connectivity index (χ4v) is 12.6. The summed E-state index contributed by atoms with van der Waals surface area (Å²) in [5.41, 5.74) is 7.35. The molecule has 0 spiro atoms. The highest BCUT2D eigenvalue weighted by molar-refractivity contribution is 7.26. The van der Waals surface area contributed by atoms with Gasteiger partial charge in [0, 0.05) is 78.6 Å². The van der Waals surface area contributed by atoms with Crippen molar-refractivity contribution in [3.8, 4) is 39.9 Å². The number of hydrogen-bond acceptors (Lipinski definition) is 6. The van der Waals surface area contributed by atoms with Crippen molar-refractivity contribution in [2.75, 3.05) is 0 Å². The molecule has 0 unspecified atom stereocenters. The molecular formula is C59H32N4OS2. The van der Waals surface area contributed by atoms with Gasteiger partial charge in [-0.15, -0.1) is 22.7 Å². The lowest BCUT2D eigenvalue weighted by molar-refractivity contribution is 0.666. The van der Waals surface area contributed by atoms with Crippen LogP contribution in [0.4, 0.5) is 0 Å². The Morgan fingerprint density at radius 1 is 0.348 bits per heavy atom. The standard InChI is InChI=1S/C59H32N4OS2/c1-3-13-35-29-48-46(27-33(35)11-1)47-28-34-12-2-4-14-36(34)30-49(47)63(48)55-45(26-25-44-39-15-5-8-18-50(39)64-56(44)55)59-61-57(37-21-23-42-40-16-6-9-19-51(40)65-53(42)31-37)60-58(62-59)38-22-24-43-41-17-7-10-20-52(41)66-54(43)32-38/h1-32H. The van der Waals surface area contributed by atoms with Crippen LogP contribution in [0.25, 0.3) is 145 Å². The SMILES string of the molecule is c1ccc2cc3c(cc2c1)c1cc2ccccc2cc1n3-c1c(-c2nc(-c3ccc4c(c3)sc3ccccc34)nc(-c3ccc4c(c3)sc3ccccc34)n2)ccc2c1oc1ccccc12. The molecule has 0 atom stereocenters. The molecule has 306 valence electrons. The van der Waals surface area contributed by atoms with Crippen molar-refractivity contribution in [3.63, 3.8) is 0 Å². The van der Waals surface area contributed by atoms with E-state index in [1.165, 1.54) is 61.9 Å². The third kappa shape index (κ3) is 5.29. The van der Waals surface area contributed by atoms with E-state index in [2.05, 4.69) is 193 Å². The highest BCUT2D eigenvalue weighted by Crippen LogP contribution is 2.45. The number of benzene rings is 10. The molecule has 10 aromatic carbocycles. The minimum Gasteiger partial charge on any atom is -0.454 e. The zero-order chi connectivity index (χ0) is 43.0. The van der Waals surface area contributed by atoms with Gasteiger partial charge in [0.15, 0.2) is 23.1 Å². The third-order valence-corrected chi connectivity index (χ3v) is 15.7. The van der Waals surface area contributed by atoms with Gasteiger partial charge < -0.3 is 8.98 Å². The van der Waals surface area contributed by atoms with E-state index in [4.69, 9.17) is 19.4 Å². The maximum absolute atomic E-state index is 7.04. The summed E-state index contributed by atoms with van der Waals surface area (Å²) >= 11 is 3.59. The topological polar surface area (TPSA) is 56.7 Å². The van der Waals surface area contributed by atoms with Gasteiger partial charge in [0.05, 0.1) is 11.0 Å². The molecule has 66 heavy (non-hydrogen) atoms. The van der Waals surface area contributed by atoms with Gasteiger partial charge >= 0.3 is 0 Å². The summed E-state index contributed by atoms with van der Waals surface area (Å²) in [5, 5.41) is 14.1. The van der Waals surface area contributed by atoms with E-state index in [0.717, 1.165) is 66.1 Å². The average Bonchev–Trinajstić information content (AvgIpc) is 4.13. The van der Waals surface area contributed by atoms with Crippen LogP contribution in [-0.4, -0.2) is 19.5 Å². The van der Waals surface area contributed by atoms with E-state index in [1.807, 2.05) is 6.07 Å². The number of rotatable bonds is 4. The van der Waals surface area contributed by atoms with Crippen molar-refractivity contribution < 1.29 is 4.42 Å². The highest BCUT2D eigenvalue weighted by Gasteiger charge is 2.25. The Morgan fingerprint density at radius 2 is 0.803 bits per heavy atom. The molecule has 0 N–H and O–H groups in total. The molecule has 0 fully saturated rings. The molecule has 0 saturated heterocycles. The monoisotopic (exact) mass is 876 g/mol. The van der Waals surface area contributed by atoms with Crippen LogP contribution in [0.5, 0.6) is 0 Å². The summed E-state index contributed by atoms with van der Waals surface area (Å²) in [6.07, 6.45) is 0. The molecule has 0 radical (unpaired) electrons. The van der Waals surface area contributed by atoms with Gasteiger partial charge in [0.1, 0.15) is 11.3 Å². The number of aromatic nitrogens is 4. The lowest BCUT2D eigenvalue weighted by Crippen LogP contribution is -2.04. The first-order valence-corrected chi connectivity index (χ1v) is 23.7. The smallest absolute Gasteiger partial charge is 0.166 e. The van der Waals surface area contributed by atoms with Gasteiger partial charge in [-0.1, -0.05) is 127 Å². The van der Waals surface area contributed by atoms with Gasteiger partial charge in [0.25, 0.3) is 0 Å². The van der Waals surface area contributed by atoms with Crippen LogP contribution in [0.1, 0.15) is 0 Å². The van der Waals surface area contributed by atoms with Crippen LogP contribution in [0.3, 0.4) is 0 Å². The molecule has 0 aliphatic carbocycles. The quantitative estimate of drug-likeness (QED) is 0.177. The van der Waals surface area contributed by atoms with Crippen LogP contribution in [0.15, 0.2) is 199 Å². The molecule has 0 saturated carbocycles. The molecule has 7 heteroatoms. The number of nitrogens with zero attached hydrogens (tertiary/aromatic N) is 4. The van der Waals surface area contributed by atoms with Crippen LogP contribution in [0.2, 0.25) is 0 Å². The first-order valence-electron chi connectivity index (χ1n) is 22.1. The van der Waals surface area contributed by atoms with E-state index < -0.39 is 0 Å². The van der Waals surface area contributed by atoms with Gasteiger partial charge in [-0.05, 0) is 88.3 Å². The Hall–Kier alpha value is -8.23. The molecule has 15 rings (SSSR count). The Labute approximate surface area is 384 Å². The predicted molar refractivity (Wildman–Crippen MR) is 279 cm³/mol. The summed E-state index contributed by atoms with van der Waals surface area (Å²) in [4.78, 5) is 16.3. The lowest BCUT2D eigenvalue weighted by Gasteiger charge is -2.16. The molecule has 0 aliphatic rings. The van der Waals surface area contributed by atoms with E-state index >= 15 is 0 Å². The fourth-order valence-electron chi connectivity index (χ4n) is 10.3. The maximum Gasteiger partial charge on any atom is 0.166 e. The van der Waals surface area contributed by atoms with Gasteiger partial charge in [-0.2, -0.15) is 0 Å². The minimum absolute atomic E-state index is 0.566. The van der Waals surface area contributed by atoms with Crippen LogP contribution < -0.4 is 0 Å². The Bertz CT molecular complexity index is 4330. The largest absolute Gasteiger partial charge is 0.454 e. The van der Waals surface area contributed by atoms with E-state index in [0.29, 0.717) is 17.5 Å². The Morgan fingerprint density at radius 3 is 1.38 bits per heavy atom. The third-order valence-electron chi connectivity index (χ3n) is 13.4.